The summed E-state index contributed by atoms with van der Waals surface area (Å²) in [4.78, 5) is 0. The lowest BCUT2D eigenvalue weighted by molar-refractivity contribution is -0.645. The molecule has 0 fully saturated rings. The largest absolute Gasteiger partial charge is 0.244 e. The summed E-state index contributed by atoms with van der Waals surface area (Å²) in [5.41, 5.74) is 4.16. The predicted octanol–water partition coefficient (Wildman–Crippen LogP) is 2.39. The Hall–Kier alpha value is -2.60. The van der Waals surface area contributed by atoms with Crippen molar-refractivity contribution in [2.45, 2.75) is 6.54 Å². The van der Waals surface area contributed by atoms with E-state index in [1.54, 1.807) is 0 Å². The second-order valence-corrected chi connectivity index (χ2v) is 4.61. The number of aryl methyl sites for hydroxylation is 1. The van der Waals surface area contributed by atoms with Crippen LogP contribution in [0.1, 0.15) is 11.1 Å². The fourth-order valence-electron chi connectivity index (χ4n) is 2.42. The Morgan fingerprint density at radius 3 is 2.68 bits per heavy atom. The third-order valence-electron chi connectivity index (χ3n) is 3.36. The van der Waals surface area contributed by atoms with Crippen LogP contribution in [0.4, 0.5) is 0 Å². The van der Waals surface area contributed by atoms with Crippen molar-refractivity contribution in [3.63, 3.8) is 0 Å². The molecule has 3 aromatic rings. The number of rotatable bonds is 2. The Labute approximate surface area is 112 Å². The van der Waals surface area contributed by atoms with E-state index in [-0.39, 0.29) is 0 Å². The normalized spacial score (nSPS) is 10.5. The van der Waals surface area contributed by atoms with Gasteiger partial charge in [-0.1, -0.05) is 30.3 Å². The van der Waals surface area contributed by atoms with Crippen molar-refractivity contribution < 1.29 is 4.57 Å². The van der Waals surface area contributed by atoms with Crippen molar-refractivity contribution in [2.75, 3.05) is 0 Å². The van der Waals surface area contributed by atoms with Gasteiger partial charge in [0, 0.05) is 5.56 Å². The third-order valence-corrected chi connectivity index (χ3v) is 3.36. The van der Waals surface area contributed by atoms with Crippen molar-refractivity contribution in [3.05, 3.63) is 66.0 Å². The van der Waals surface area contributed by atoms with Gasteiger partial charge in [0.1, 0.15) is 6.54 Å². The van der Waals surface area contributed by atoms with Gasteiger partial charge in [-0.3, -0.25) is 0 Å². The molecular formula is C16H14N3+. The third kappa shape index (κ3) is 1.98. The number of para-hydroxylation sites is 2. The number of hydrogen-bond donors (Lipinski definition) is 0. The standard InChI is InChI=1S/C16H14N3/c1-18-12-19(16-9-5-4-8-15(16)18)11-14-7-3-2-6-13(14)10-17/h2-9,12H,11H2,1H3/q+1. The molecular weight excluding hydrogens is 234 g/mol. The lowest BCUT2D eigenvalue weighted by atomic mass is 10.1. The highest BCUT2D eigenvalue weighted by Gasteiger charge is 2.13. The molecule has 0 atom stereocenters. The van der Waals surface area contributed by atoms with Gasteiger partial charge in [-0.25, -0.2) is 9.13 Å². The second kappa shape index (κ2) is 4.58. The molecule has 0 saturated carbocycles. The topological polar surface area (TPSA) is 32.6 Å². The Bertz CT molecular complexity index is 778. The Morgan fingerprint density at radius 2 is 1.84 bits per heavy atom. The summed E-state index contributed by atoms with van der Waals surface area (Å²) in [6.07, 6.45) is 2.07. The average Bonchev–Trinajstić information content (AvgIpc) is 2.77. The number of nitriles is 1. The molecule has 0 saturated heterocycles. The molecule has 0 aliphatic rings. The highest BCUT2D eigenvalue weighted by molar-refractivity contribution is 5.71. The van der Waals surface area contributed by atoms with Crippen LogP contribution in [-0.2, 0) is 13.6 Å². The first-order valence-electron chi connectivity index (χ1n) is 6.21. The van der Waals surface area contributed by atoms with Crippen LogP contribution in [0.15, 0.2) is 54.9 Å². The summed E-state index contributed by atoms with van der Waals surface area (Å²) in [5.74, 6) is 0. The van der Waals surface area contributed by atoms with Gasteiger partial charge in [0.15, 0.2) is 11.0 Å². The monoisotopic (exact) mass is 248 g/mol. The lowest BCUT2D eigenvalue weighted by Gasteiger charge is -2.01. The van der Waals surface area contributed by atoms with Crippen LogP contribution in [0.25, 0.3) is 11.0 Å². The molecule has 3 heteroatoms. The van der Waals surface area contributed by atoms with Crippen LogP contribution in [-0.4, -0.2) is 4.57 Å². The molecule has 19 heavy (non-hydrogen) atoms. The number of benzene rings is 2. The smallest absolute Gasteiger partial charge is 0.233 e. The van der Waals surface area contributed by atoms with E-state index in [2.05, 4.69) is 33.7 Å². The molecule has 1 aromatic heterocycles. The van der Waals surface area contributed by atoms with E-state index in [9.17, 15) is 0 Å². The maximum absolute atomic E-state index is 9.15. The highest BCUT2D eigenvalue weighted by atomic mass is 15.1. The van der Waals surface area contributed by atoms with Gasteiger partial charge in [0.05, 0.1) is 18.7 Å². The fourth-order valence-corrected chi connectivity index (χ4v) is 2.42. The minimum atomic E-state index is 0.713. The zero-order valence-corrected chi connectivity index (χ0v) is 10.7. The second-order valence-electron chi connectivity index (χ2n) is 4.61. The maximum atomic E-state index is 9.15. The molecule has 3 rings (SSSR count). The molecule has 0 unspecified atom stereocenters. The summed E-state index contributed by atoms with van der Waals surface area (Å²) < 4.78 is 4.27. The van der Waals surface area contributed by atoms with Crippen LogP contribution in [0.2, 0.25) is 0 Å². The van der Waals surface area contributed by atoms with Crippen molar-refractivity contribution in [2.24, 2.45) is 7.05 Å². The minimum absolute atomic E-state index is 0.713. The van der Waals surface area contributed by atoms with Gasteiger partial charge in [-0.15, -0.1) is 0 Å². The molecule has 3 nitrogen and oxygen atoms in total. The van der Waals surface area contributed by atoms with Gasteiger partial charge in [0.2, 0.25) is 6.33 Å². The van der Waals surface area contributed by atoms with Gasteiger partial charge in [-0.2, -0.15) is 5.26 Å². The summed E-state index contributed by atoms with van der Waals surface area (Å²) in [6.45, 7) is 0.713. The zero-order valence-electron chi connectivity index (χ0n) is 10.7. The summed E-state index contributed by atoms with van der Waals surface area (Å²) in [6, 6.07) is 18.3. The predicted molar refractivity (Wildman–Crippen MR) is 73.4 cm³/mol. The summed E-state index contributed by atoms with van der Waals surface area (Å²) in [5, 5.41) is 9.15. The fraction of sp³-hybridized carbons (Fsp3) is 0.125. The number of hydrogen-bond acceptors (Lipinski definition) is 1. The molecule has 0 N–H and O–H groups in total. The summed E-state index contributed by atoms with van der Waals surface area (Å²) >= 11 is 0. The minimum Gasteiger partial charge on any atom is -0.233 e. The highest BCUT2D eigenvalue weighted by Crippen LogP contribution is 2.14. The molecule has 0 amide bonds. The van der Waals surface area contributed by atoms with Crippen molar-refractivity contribution in [1.82, 2.24) is 4.57 Å². The van der Waals surface area contributed by atoms with Crippen molar-refractivity contribution in [3.8, 4) is 6.07 Å². The molecule has 0 aliphatic heterocycles. The molecule has 0 aliphatic carbocycles. The van der Waals surface area contributed by atoms with E-state index >= 15 is 0 Å². The molecule has 0 radical (unpaired) electrons. The first-order valence-corrected chi connectivity index (χ1v) is 6.21. The SMILES string of the molecule is C[n+]1cn(Cc2ccccc2C#N)c2ccccc21. The van der Waals surface area contributed by atoms with Crippen LogP contribution < -0.4 is 4.57 Å². The Balaban J connectivity index is 2.09. The van der Waals surface area contributed by atoms with E-state index in [1.165, 1.54) is 11.0 Å². The molecule has 0 spiro atoms. The number of aromatic nitrogens is 2. The van der Waals surface area contributed by atoms with Crippen molar-refractivity contribution in [1.29, 1.82) is 5.26 Å². The van der Waals surface area contributed by atoms with E-state index < -0.39 is 0 Å². The molecule has 92 valence electrons. The number of nitrogens with zero attached hydrogens (tertiary/aromatic N) is 3. The quantitative estimate of drug-likeness (QED) is 0.641. The zero-order chi connectivity index (χ0) is 13.2. The first-order chi connectivity index (χ1) is 9.29. The lowest BCUT2D eigenvalue weighted by Crippen LogP contribution is -2.25. The molecule has 2 aromatic carbocycles. The first kappa shape index (κ1) is 11.5. The summed E-state index contributed by atoms with van der Waals surface area (Å²) in [7, 11) is 2.04. The number of imidazole rings is 1. The maximum Gasteiger partial charge on any atom is 0.244 e. The van der Waals surface area contributed by atoms with Crippen molar-refractivity contribution >= 4 is 11.0 Å². The van der Waals surface area contributed by atoms with Crippen LogP contribution in [0.5, 0.6) is 0 Å². The van der Waals surface area contributed by atoms with E-state index in [4.69, 9.17) is 5.26 Å². The molecule has 1 heterocycles. The van der Waals surface area contributed by atoms with Crippen LogP contribution >= 0.6 is 0 Å². The average molecular weight is 248 g/mol. The van der Waals surface area contributed by atoms with Crippen LogP contribution in [0, 0.1) is 11.3 Å². The van der Waals surface area contributed by atoms with Gasteiger partial charge >= 0.3 is 0 Å². The van der Waals surface area contributed by atoms with E-state index in [1.807, 2.05) is 43.4 Å². The van der Waals surface area contributed by atoms with Gasteiger partial charge in [-0.05, 0) is 18.2 Å². The van der Waals surface area contributed by atoms with Crippen LogP contribution in [0.3, 0.4) is 0 Å². The molecule has 0 bridgehead atoms. The van der Waals surface area contributed by atoms with E-state index in [0.29, 0.717) is 6.54 Å². The Morgan fingerprint density at radius 1 is 1.11 bits per heavy atom. The Kier molecular flexibility index (Phi) is 2.77. The van der Waals surface area contributed by atoms with Gasteiger partial charge < -0.3 is 0 Å². The van der Waals surface area contributed by atoms with E-state index in [0.717, 1.165) is 11.1 Å². The van der Waals surface area contributed by atoms with Gasteiger partial charge in [0.25, 0.3) is 0 Å². The number of fused-ring (bicyclic) bond motifs is 1.